The van der Waals surface area contributed by atoms with Crippen LogP contribution in [0.3, 0.4) is 0 Å². The van der Waals surface area contributed by atoms with E-state index in [1.54, 1.807) is 14.2 Å². The molecule has 0 spiro atoms. The zero-order chi connectivity index (χ0) is 20.1. The first-order valence-electron chi connectivity index (χ1n) is 9.91. The first kappa shape index (κ1) is 19.2. The summed E-state index contributed by atoms with van der Waals surface area (Å²) in [6.45, 7) is 2.00. The highest BCUT2D eigenvalue weighted by Crippen LogP contribution is 2.32. The van der Waals surface area contributed by atoms with E-state index >= 15 is 0 Å². The van der Waals surface area contributed by atoms with Crippen LogP contribution in [0, 0.1) is 0 Å². The van der Waals surface area contributed by atoms with Crippen molar-refractivity contribution in [2.24, 2.45) is 0 Å². The summed E-state index contributed by atoms with van der Waals surface area (Å²) in [7, 11) is 3.27. The second-order valence-electron chi connectivity index (χ2n) is 7.08. The maximum Gasteiger partial charge on any atom is 0.162 e. The average molecular weight is 390 g/mol. The van der Waals surface area contributed by atoms with Crippen molar-refractivity contribution in [3.05, 3.63) is 60.4 Å². The minimum Gasteiger partial charge on any atom is -0.493 e. The van der Waals surface area contributed by atoms with Crippen LogP contribution in [-0.2, 0) is 0 Å². The molecular formula is C23H26N4O2. The summed E-state index contributed by atoms with van der Waals surface area (Å²) in [6.07, 6.45) is 2.10. The average Bonchev–Trinajstić information content (AvgIpc) is 2.80. The number of rotatable bonds is 6. The summed E-state index contributed by atoms with van der Waals surface area (Å²) in [6, 6.07) is 18.0. The lowest BCUT2D eigenvalue weighted by atomic mass is 9.97. The molecular weight excluding hydrogens is 364 g/mol. The van der Waals surface area contributed by atoms with Gasteiger partial charge < -0.3 is 20.1 Å². The van der Waals surface area contributed by atoms with E-state index in [4.69, 9.17) is 19.4 Å². The number of nitrogens with zero attached hydrogens (tertiary/aromatic N) is 2. The lowest BCUT2D eigenvalue weighted by Gasteiger charge is -2.22. The molecule has 2 heterocycles. The molecule has 150 valence electrons. The molecule has 0 amide bonds. The third kappa shape index (κ3) is 4.49. The van der Waals surface area contributed by atoms with Gasteiger partial charge in [-0.05, 0) is 38.1 Å². The van der Waals surface area contributed by atoms with Gasteiger partial charge in [-0.1, -0.05) is 30.3 Å². The third-order valence-electron chi connectivity index (χ3n) is 5.17. The second-order valence-corrected chi connectivity index (χ2v) is 7.08. The molecule has 0 unspecified atom stereocenters. The van der Waals surface area contributed by atoms with Gasteiger partial charge in [0.15, 0.2) is 11.5 Å². The van der Waals surface area contributed by atoms with Gasteiger partial charge in [0.2, 0.25) is 0 Å². The molecule has 0 saturated carbocycles. The Morgan fingerprint density at radius 1 is 0.897 bits per heavy atom. The number of piperidine rings is 1. The predicted molar refractivity (Wildman–Crippen MR) is 115 cm³/mol. The molecule has 1 aromatic heterocycles. The van der Waals surface area contributed by atoms with E-state index in [2.05, 4.69) is 22.8 Å². The lowest BCUT2D eigenvalue weighted by Crippen LogP contribution is -2.27. The molecule has 0 atom stereocenters. The summed E-state index contributed by atoms with van der Waals surface area (Å²) >= 11 is 0. The van der Waals surface area contributed by atoms with Crippen LogP contribution in [0.2, 0.25) is 0 Å². The van der Waals surface area contributed by atoms with Crippen LogP contribution in [0.1, 0.15) is 24.6 Å². The maximum absolute atomic E-state index is 5.42. The molecule has 4 rings (SSSR count). The molecule has 2 aromatic carbocycles. The topological polar surface area (TPSA) is 68.3 Å². The van der Waals surface area contributed by atoms with Crippen LogP contribution >= 0.6 is 0 Å². The molecule has 29 heavy (non-hydrogen) atoms. The largest absolute Gasteiger partial charge is 0.493 e. The lowest BCUT2D eigenvalue weighted by molar-refractivity contribution is 0.355. The Bertz CT molecular complexity index is 956. The Morgan fingerprint density at radius 3 is 2.38 bits per heavy atom. The first-order valence-corrected chi connectivity index (χ1v) is 9.91. The minimum absolute atomic E-state index is 0.367. The van der Waals surface area contributed by atoms with Gasteiger partial charge in [0.05, 0.1) is 19.9 Å². The quantitative estimate of drug-likeness (QED) is 0.651. The molecule has 0 radical (unpaired) electrons. The van der Waals surface area contributed by atoms with Crippen molar-refractivity contribution in [3.8, 4) is 22.8 Å². The molecule has 1 aliphatic heterocycles. The van der Waals surface area contributed by atoms with Crippen molar-refractivity contribution < 1.29 is 9.47 Å². The Kier molecular flexibility index (Phi) is 5.91. The van der Waals surface area contributed by atoms with Crippen LogP contribution in [0.4, 0.5) is 11.5 Å². The van der Waals surface area contributed by atoms with Crippen molar-refractivity contribution >= 4 is 11.5 Å². The number of methoxy groups -OCH3 is 2. The van der Waals surface area contributed by atoms with E-state index in [0.717, 1.165) is 54.5 Å². The highest BCUT2D eigenvalue weighted by Gasteiger charge is 2.20. The minimum atomic E-state index is 0.367. The molecule has 2 N–H and O–H groups in total. The van der Waals surface area contributed by atoms with Gasteiger partial charge in [0, 0.05) is 29.3 Å². The zero-order valence-electron chi connectivity index (χ0n) is 16.8. The number of nitrogens with one attached hydrogen (secondary N) is 2. The van der Waals surface area contributed by atoms with E-state index in [0.29, 0.717) is 17.4 Å². The summed E-state index contributed by atoms with van der Waals surface area (Å²) in [5.41, 5.74) is 2.90. The molecule has 1 fully saturated rings. The van der Waals surface area contributed by atoms with Gasteiger partial charge in [-0.25, -0.2) is 9.97 Å². The molecule has 1 saturated heterocycles. The molecule has 6 heteroatoms. The van der Waals surface area contributed by atoms with Gasteiger partial charge in [0.25, 0.3) is 0 Å². The number of hydrogen-bond acceptors (Lipinski definition) is 6. The van der Waals surface area contributed by atoms with Crippen molar-refractivity contribution in [2.45, 2.75) is 18.8 Å². The van der Waals surface area contributed by atoms with E-state index in [-0.39, 0.29) is 0 Å². The summed E-state index contributed by atoms with van der Waals surface area (Å²) in [5.74, 6) is 3.41. The van der Waals surface area contributed by atoms with Crippen molar-refractivity contribution in [1.29, 1.82) is 0 Å². The highest BCUT2D eigenvalue weighted by molar-refractivity contribution is 5.67. The molecule has 0 bridgehead atoms. The maximum atomic E-state index is 5.42. The Labute approximate surface area is 171 Å². The number of ether oxygens (including phenoxy) is 2. The number of aromatic nitrogens is 2. The van der Waals surface area contributed by atoms with Crippen LogP contribution < -0.4 is 20.1 Å². The van der Waals surface area contributed by atoms with Crippen LogP contribution in [0.5, 0.6) is 11.5 Å². The van der Waals surface area contributed by atoms with Crippen molar-refractivity contribution in [2.75, 3.05) is 32.6 Å². The van der Waals surface area contributed by atoms with Crippen LogP contribution in [-0.4, -0.2) is 37.3 Å². The van der Waals surface area contributed by atoms with Crippen molar-refractivity contribution in [3.63, 3.8) is 0 Å². The Morgan fingerprint density at radius 2 is 1.66 bits per heavy atom. The molecule has 6 nitrogen and oxygen atoms in total. The fraction of sp³-hybridized carbons (Fsp3) is 0.304. The van der Waals surface area contributed by atoms with Gasteiger partial charge in [-0.3, -0.25) is 0 Å². The van der Waals surface area contributed by atoms with Gasteiger partial charge in [-0.2, -0.15) is 0 Å². The number of anilines is 2. The fourth-order valence-corrected chi connectivity index (χ4v) is 3.61. The second kappa shape index (κ2) is 8.92. The summed E-state index contributed by atoms with van der Waals surface area (Å²) in [5, 5.41) is 6.83. The Hall–Kier alpha value is -3.12. The smallest absolute Gasteiger partial charge is 0.162 e. The SMILES string of the molecule is COc1ccc(Nc2cc(-c3ccccc3)nc(C3CCNCC3)n2)cc1OC. The monoisotopic (exact) mass is 390 g/mol. The van der Waals surface area contributed by atoms with Gasteiger partial charge in [-0.15, -0.1) is 0 Å². The van der Waals surface area contributed by atoms with E-state index in [9.17, 15) is 0 Å². The standard InChI is InChI=1S/C23H26N4O2/c1-28-20-9-8-18(14-21(20)29-2)25-22-15-19(16-6-4-3-5-7-16)26-23(27-22)17-10-12-24-13-11-17/h3-9,14-15,17,24H,10-13H2,1-2H3,(H,25,26,27). The van der Waals surface area contributed by atoms with Gasteiger partial charge >= 0.3 is 0 Å². The van der Waals surface area contributed by atoms with E-state index in [1.165, 1.54) is 0 Å². The van der Waals surface area contributed by atoms with Crippen LogP contribution in [0.25, 0.3) is 11.3 Å². The predicted octanol–water partition coefficient (Wildman–Crippen LogP) is 4.37. The van der Waals surface area contributed by atoms with Crippen molar-refractivity contribution in [1.82, 2.24) is 15.3 Å². The zero-order valence-corrected chi connectivity index (χ0v) is 16.8. The van der Waals surface area contributed by atoms with Crippen LogP contribution in [0.15, 0.2) is 54.6 Å². The number of hydrogen-bond donors (Lipinski definition) is 2. The van der Waals surface area contributed by atoms with E-state index < -0.39 is 0 Å². The normalized spacial score (nSPS) is 14.4. The summed E-state index contributed by atoms with van der Waals surface area (Å²) in [4.78, 5) is 9.76. The number of benzene rings is 2. The highest BCUT2D eigenvalue weighted by atomic mass is 16.5. The fourth-order valence-electron chi connectivity index (χ4n) is 3.61. The van der Waals surface area contributed by atoms with E-state index in [1.807, 2.05) is 42.5 Å². The molecule has 0 aliphatic carbocycles. The van der Waals surface area contributed by atoms with Gasteiger partial charge in [0.1, 0.15) is 11.6 Å². The molecule has 3 aromatic rings. The Balaban J connectivity index is 1.70. The third-order valence-corrected chi connectivity index (χ3v) is 5.17. The first-order chi connectivity index (χ1) is 14.3. The molecule has 1 aliphatic rings. The summed E-state index contributed by atoms with van der Waals surface area (Å²) < 4.78 is 10.8.